The Morgan fingerprint density at radius 1 is 0.931 bits per heavy atom. The number of carbonyl (C=O) groups excluding carboxylic acids is 2. The molecule has 0 spiro atoms. The maximum Gasteiger partial charge on any atom is 0.344 e. The summed E-state index contributed by atoms with van der Waals surface area (Å²) in [6, 6.07) is 11.5. The van der Waals surface area contributed by atoms with Gasteiger partial charge in [-0.1, -0.05) is 37.6 Å². The van der Waals surface area contributed by atoms with Gasteiger partial charge in [0, 0.05) is 17.5 Å². The molecule has 0 fully saturated rings. The first-order valence-electron chi connectivity index (χ1n) is 9.54. The zero-order valence-electron chi connectivity index (χ0n) is 15.7. The van der Waals surface area contributed by atoms with E-state index in [-0.39, 0.29) is 39.5 Å². The summed E-state index contributed by atoms with van der Waals surface area (Å²) in [5, 5.41) is 11.3. The number of hydrogen-bond acceptors (Lipinski definition) is 5. The highest BCUT2D eigenvalue weighted by molar-refractivity contribution is 6.33. The molecule has 1 aliphatic carbocycles. The SMILES string of the molecule is CCCCn1c2c(c3oc(=O)c4ccccc4c31)C(=O)c1c(O)cccc1C2=O. The van der Waals surface area contributed by atoms with Gasteiger partial charge >= 0.3 is 5.63 Å². The molecule has 6 nitrogen and oxygen atoms in total. The third-order valence-electron chi connectivity index (χ3n) is 5.51. The van der Waals surface area contributed by atoms with E-state index in [1.165, 1.54) is 12.1 Å². The van der Waals surface area contributed by atoms with Crippen molar-refractivity contribution in [2.45, 2.75) is 26.3 Å². The van der Waals surface area contributed by atoms with E-state index in [4.69, 9.17) is 4.42 Å². The summed E-state index contributed by atoms with van der Waals surface area (Å²) < 4.78 is 7.37. The van der Waals surface area contributed by atoms with Crippen molar-refractivity contribution in [1.29, 1.82) is 0 Å². The van der Waals surface area contributed by atoms with Crippen LogP contribution >= 0.6 is 0 Å². The number of aromatic hydroxyl groups is 1. The summed E-state index contributed by atoms with van der Waals surface area (Å²) in [7, 11) is 0. The second-order valence-electron chi connectivity index (χ2n) is 7.20. The predicted octanol–water partition coefficient (Wildman–Crippen LogP) is 4.03. The van der Waals surface area contributed by atoms with Gasteiger partial charge < -0.3 is 14.1 Å². The molecular formula is C23H17NO5. The molecule has 144 valence electrons. The molecule has 0 aliphatic heterocycles. The van der Waals surface area contributed by atoms with E-state index >= 15 is 0 Å². The van der Waals surface area contributed by atoms with Crippen molar-refractivity contribution < 1.29 is 19.1 Å². The summed E-state index contributed by atoms with van der Waals surface area (Å²) in [4.78, 5) is 39.3. The number of unbranched alkanes of at least 4 members (excludes halogenated alkanes) is 1. The molecule has 4 aromatic rings. The number of benzene rings is 2. The Bertz CT molecular complexity index is 1410. The number of phenolic OH excluding ortho intramolecular Hbond substituents is 1. The van der Waals surface area contributed by atoms with Crippen LogP contribution < -0.4 is 5.63 Å². The largest absolute Gasteiger partial charge is 0.507 e. The van der Waals surface area contributed by atoms with Crippen molar-refractivity contribution in [1.82, 2.24) is 4.57 Å². The number of aryl methyl sites for hydroxylation is 1. The van der Waals surface area contributed by atoms with E-state index in [9.17, 15) is 19.5 Å². The lowest BCUT2D eigenvalue weighted by molar-refractivity contribution is 0.0971. The number of fused-ring (bicyclic) bond motifs is 6. The zero-order valence-corrected chi connectivity index (χ0v) is 15.7. The van der Waals surface area contributed by atoms with Crippen LogP contribution in [0.25, 0.3) is 21.9 Å². The van der Waals surface area contributed by atoms with Gasteiger partial charge in [0.1, 0.15) is 11.4 Å². The number of rotatable bonds is 3. The van der Waals surface area contributed by atoms with Crippen LogP contribution in [0, 0.1) is 0 Å². The lowest BCUT2D eigenvalue weighted by Gasteiger charge is -2.17. The molecule has 6 heteroatoms. The highest BCUT2D eigenvalue weighted by Gasteiger charge is 2.39. The fraction of sp³-hybridized carbons (Fsp3) is 0.174. The Morgan fingerprint density at radius 2 is 1.69 bits per heavy atom. The molecular weight excluding hydrogens is 370 g/mol. The fourth-order valence-corrected chi connectivity index (χ4v) is 4.18. The Hall–Kier alpha value is -3.67. The van der Waals surface area contributed by atoms with Crippen molar-refractivity contribution in [2.24, 2.45) is 0 Å². The minimum Gasteiger partial charge on any atom is -0.507 e. The number of carbonyl (C=O) groups is 2. The highest BCUT2D eigenvalue weighted by Crippen LogP contribution is 2.39. The smallest absolute Gasteiger partial charge is 0.344 e. The maximum atomic E-state index is 13.4. The zero-order chi connectivity index (χ0) is 20.3. The molecule has 1 aliphatic rings. The standard InChI is InChI=1S/C23H17NO5/c1-2-3-11-24-18-12-7-4-5-8-13(12)23(28)29-22(18)17-19(24)20(26)14-9-6-10-15(25)16(14)21(17)27/h4-10,25H,2-3,11H2,1H3. The third-order valence-corrected chi connectivity index (χ3v) is 5.51. The second-order valence-corrected chi connectivity index (χ2v) is 7.20. The van der Waals surface area contributed by atoms with E-state index in [2.05, 4.69) is 0 Å². The van der Waals surface area contributed by atoms with Gasteiger partial charge in [-0.3, -0.25) is 9.59 Å². The molecule has 0 atom stereocenters. The van der Waals surface area contributed by atoms with Gasteiger partial charge in [-0.15, -0.1) is 0 Å². The first kappa shape index (κ1) is 17.4. The number of ketones is 2. The van der Waals surface area contributed by atoms with Crippen LogP contribution in [0.3, 0.4) is 0 Å². The summed E-state index contributed by atoms with van der Waals surface area (Å²) in [6.07, 6.45) is 1.68. The van der Waals surface area contributed by atoms with Crippen LogP contribution in [-0.4, -0.2) is 21.2 Å². The van der Waals surface area contributed by atoms with Gasteiger partial charge in [-0.2, -0.15) is 0 Å². The Balaban J connectivity index is 1.98. The molecule has 1 N–H and O–H groups in total. The number of phenols is 1. The second kappa shape index (κ2) is 6.17. The quantitative estimate of drug-likeness (QED) is 0.505. The molecule has 0 saturated heterocycles. The lowest BCUT2D eigenvalue weighted by Crippen LogP contribution is -2.23. The van der Waals surface area contributed by atoms with Crippen LogP contribution in [0.4, 0.5) is 0 Å². The summed E-state index contributed by atoms with van der Waals surface area (Å²) in [6.45, 7) is 2.55. The van der Waals surface area contributed by atoms with Crippen LogP contribution in [0.15, 0.2) is 51.7 Å². The lowest BCUT2D eigenvalue weighted by atomic mass is 9.87. The highest BCUT2D eigenvalue weighted by atomic mass is 16.4. The molecule has 2 aromatic carbocycles. The van der Waals surface area contributed by atoms with Gasteiger partial charge in [-0.25, -0.2) is 4.79 Å². The third kappa shape index (κ3) is 2.26. The summed E-state index contributed by atoms with van der Waals surface area (Å²) >= 11 is 0. The van der Waals surface area contributed by atoms with E-state index in [0.29, 0.717) is 22.8 Å². The van der Waals surface area contributed by atoms with Crippen molar-refractivity contribution in [2.75, 3.05) is 0 Å². The Morgan fingerprint density at radius 3 is 2.45 bits per heavy atom. The molecule has 2 aromatic heterocycles. The minimum absolute atomic E-state index is 0.0460. The first-order chi connectivity index (χ1) is 14.0. The maximum absolute atomic E-state index is 13.4. The average Bonchev–Trinajstić information content (AvgIpc) is 3.05. The number of hydrogen-bond donors (Lipinski definition) is 1. The number of nitrogens with zero attached hydrogens (tertiary/aromatic N) is 1. The van der Waals surface area contributed by atoms with Crippen LogP contribution in [0.1, 0.15) is 51.7 Å². The topological polar surface area (TPSA) is 89.5 Å². The van der Waals surface area contributed by atoms with Gasteiger partial charge in [0.2, 0.25) is 11.6 Å². The van der Waals surface area contributed by atoms with Crippen LogP contribution in [0.5, 0.6) is 5.75 Å². The Kier molecular flexibility index (Phi) is 3.71. The molecule has 0 amide bonds. The summed E-state index contributed by atoms with van der Waals surface area (Å²) in [5.74, 6) is -1.12. The van der Waals surface area contributed by atoms with E-state index in [0.717, 1.165) is 12.8 Å². The Labute approximate surface area is 165 Å². The molecule has 0 unspecified atom stereocenters. The monoisotopic (exact) mass is 387 g/mol. The van der Waals surface area contributed by atoms with Crippen molar-refractivity contribution in [3.63, 3.8) is 0 Å². The predicted molar refractivity (Wildman–Crippen MR) is 108 cm³/mol. The van der Waals surface area contributed by atoms with Gasteiger partial charge in [0.05, 0.1) is 22.0 Å². The van der Waals surface area contributed by atoms with Crippen molar-refractivity contribution in [3.05, 3.63) is 75.3 Å². The van der Waals surface area contributed by atoms with Gasteiger partial charge in [0.25, 0.3) is 0 Å². The summed E-state index contributed by atoms with van der Waals surface area (Å²) in [5.41, 5.74) is 0.491. The molecule has 0 bridgehead atoms. The first-order valence-corrected chi connectivity index (χ1v) is 9.54. The fourth-order valence-electron chi connectivity index (χ4n) is 4.18. The van der Waals surface area contributed by atoms with E-state index in [1.54, 1.807) is 28.8 Å². The molecule has 5 rings (SSSR count). The van der Waals surface area contributed by atoms with E-state index in [1.807, 2.05) is 13.0 Å². The normalized spacial score (nSPS) is 13.1. The molecule has 2 heterocycles. The molecule has 29 heavy (non-hydrogen) atoms. The van der Waals surface area contributed by atoms with Crippen LogP contribution in [-0.2, 0) is 6.54 Å². The van der Waals surface area contributed by atoms with Crippen molar-refractivity contribution >= 4 is 33.4 Å². The van der Waals surface area contributed by atoms with Gasteiger partial charge in [0.15, 0.2) is 5.58 Å². The minimum atomic E-state index is -0.563. The van der Waals surface area contributed by atoms with E-state index < -0.39 is 11.4 Å². The molecule has 0 saturated carbocycles. The van der Waals surface area contributed by atoms with Crippen molar-refractivity contribution in [3.8, 4) is 5.75 Å². The molecule has 0 radical (unpaired) electrons. The number of aromatic nitrogens is 1. The van der Waals surface area contributed by atoms with Gasteiger partial charge in [-0.05, 0) is 24.6 Å². The van der Waals surface area contributed by atoms with Crippen LogP contribution in [0.2, 0.25) is 0 Å². The average molecular weight is 387 g/mol.